The lowest BCUT2D eigenvalue weighted by molar-refractivity contribution is 0.200. The second kappa shape index (κ2) is 17.6. The Labute approximate surface area is 159 Å². The minimum absolute atomic E-state index is 0.586. The highest BCUT2D eigenvalue weighted by Gasteiger charge is 2.25. The van der Waals surface area contributed by atoms with E-state index in [0.717, 1.165) is 65.2 Å². The molecule has 0 heterocycles. The lowest BCUT2D eigenvalue weighted by atomic mass is 10.2. The van der Waals surface area contributed by atoms with Crippen molar-refractivity contribution in [3.8, 4) is 0 Å². The Morgan fingerprint density at radius 2 is 0.920 bits per heavy atom. The van der Waals surface area contributed by atoms with Crippen molar-refractivity contribution in [1.29, 1.82) is 0 Å². The molecule has 0 spiro atoms. The molecule has 0 bridgehead atoms. The maximum atomic E-state index is 5.89. The van der Waals surface area contributed by atoms with Gasteiger partial charge in [-0.2, -0.15) is 0 Å². The van der Waals surface area contributed by atoms with Crippen molar-refractivity contribution in [2.45, 2.75) is 78.3 Å². The molecule has 0 aromatic heterocycles. The van der Waals surface area contributed by atoms with Crippen molar-refractivity contribution in [3.05, 3.63) is 0 Å². The number of hydrogen-bond acceptors (Lipinski definition) is 5. The summed E-state index contributed by atoms with van der Waals surface area (Å²) in [7, 11) is -3.07. The van der Waals surface area contributed by atoms with Gasteiger partial charge in [-0.25, -0.2) is 0 Å². The first-order chi connectivity index (χ1) is 12.2. The van der Waals surface area contributed by atoms with Gasteiger partial charge < -0.3 is 23.0 Å². The molecule has 0 aliphatic heterocycles. The maximum Gasteiger partial charge on any atom is 0.324 e. The molecule has 25 heavy (non-hydrogen) atoms. The summed E-state index contributed by atoms with van der Waals surface area (Å²) >= 11 is 0. The fraction of sp³-hybridized carbons (Fsp3) is 1.00. The van der Waals surface area contributed by atoms with E-state index in [1.165, 1.54) is 0 Å². The zero-order chi connectivity index (χ0) is 18.9. The van der Waals surface area contributed by atoms with Crippen LogP contribution in [0.1, 0.15) is 67.2 Å². The molecule has 1 N–H and O–H groups in total. The van der Waals surface area contributed by atoms with Crippen LogP contribution in [0, 0.1) is 0 Å². The summed E-state index contributed by atoms with van der Waals surface area (Å²) in [5.41, 5.74) is 1.17. The van der Waals surface area contributed by atoms with Crippen molar-refractivity contribution in [1.82, 2.24) is 5.32 Å². The molecule has 0 fully saturated rings. The van der Waals surface area contributed by atoms with Crippen LogP contribution in [-0.4, -0.2) is 58.1 Å². The first kappa shape index (κ1) is 25.2. The molecule has 0 aliphatic carbocycles. The molecule has 0 aromatic carbocycles. The smallest absolute Gasteiger partial charge is 0.324 e. The molecule has 5 nitrogen and oxygen atoms in total. The highest BCUT2D eigenvalue weighted by Crippen LogP contribution is 2.22. The van der Waals surface area contributed by atoms with Crippen LogP contribution >= 0.6 is 0 Å². The number of hydrogen-bond donors (Lipinski definition) is 1. The maximum absolute atomic E-state index is 5.89. The minimum Gasteiger partial charge on any atom is -0.397 e. The van der Waals surface area contributed by atoms with Gasteiger partial charge in [-0.3, -0.25) is 0 Å². The van der Waals surface area contributed by atoms with Crippen molar-refractivity contribution < 1.29 is 17.7 Å². The fourth-order valence-corrected chi connectivity index (χ4v) is 7.31. The van der Waals surface area contributed by atoms with Crippen LogP contribution in [0.15, 0.2) is 0 Å². The highest BCUT2D eigenvalue weighted by molar-refractivity contribution is 6.46. The van der Waals surface area contributed by atoms with E-state index in [0.29, 0.717) is 11.1 Å². The minimum atomic E-state index is -1.53. The van der Waals surface area contributed by atoms with Crippen LogP contribution in [0.2, 0.25) is 11.1 Å². The molecule has 0 amide bonds. The Bertz CT molecular complexity index is 250. The van der Waals surface area contributed by atoms with E-state index in [-0.39, 0.29) is 0 Å². The van der Waals surface area contributed by atoms with Crippen molar-refractivity contribution >= 4 is 18.6 Å². The molecule has 0 saturated heterocycles. The van der Waals surface area contributed by atoms with Gasteiger partial charge in [0.1, 0.15) is 0 Å². The van der Waals surface area contributed by atoms with Crippen LogP contribution in [0.3, 0.4) is 0 Å². The van der Waals surface area contributed by atoms with E-state index >= 15 is 0 Å². The van der Waals surface area contributed by atoms with Gasteiger partial charge in [0.05, 0.1) is 0 Å². The lowest BCUT2D eigenvalue weighted by Crippen LogP contribution is -2.33. The van der Waals surface area contributed by atoms with Crippen molar-refractivity contribution in [2.24, 2.45) is 0 Å². The average Bonchev–Trinajstić information content (AvgIpc) is 2.61. The second-order valence-electron chi connectivity index (χ2n) is 6.22. The van der Waals surface area contributed by atoms with Crippen LogP contribution < -0.4 is 5.32 Å². The Morgan fingerprint density at radius 1 is 0.600 bits per heavy atom. The molecular formula is C18H43NO4Si2. The first-order valence-electron chi connectivity index (χ1n) is 10.3. The normalized spacial score (nSPS) is 14.4. The van der Waals surface area contributed by atoms with Crippen molar-refractivity contribution in [2.75, 3.05) is 39.5 Å². The summed E-state index contributed by atoms with van der Waals surface area (Å²) in [6.07, 6.45) is 4.56. The third-order valence-corrected chi connectivity index (χ3v) is 10.3. The summed E-state index contributed by atoms with van der Waals surface area (Å²) in [5.74, 6) is 0. The van der Waals surface area contributed by atoms with Crippen molar-refractivity contribution in [3.63, 3.8) is 0 Å². The van der Waals surface area contributed by atoms with Crippen LogP contribution in [0.5, 0.6) is 0 Å². The quantitative estimate of drug-likeness (QED) is 0.285. The van der Waals surface area contributed by atoms with Gasteiger partial charge in [0.25, 0.3) is 0 Å². The molecule has 0 rings (SSSR count). The van der Waals surface area contributed by atoms with Gasteiger partial charge in [-0.15, -0.1) is 0 Å². The van der Waals surface area contributed by atoms with E-state index in [1.807, 2.05) is 0 Å². The van der Waals surface area contributed by atoms with E-state index in [4.69, 9.17) is 17.7 Å². The molecule has 7 heteroatoms. The predicted molar refractivity (Wildman–Crippen MR) is 111 cm³/mol. The van der Waals surface area contributed by atoms with Gasteiger partial charge in [0, 0.05) is 37.5 Å². The van der Waals surface area contributed by atoms with E-state index in [2.05, 4.69) is 46.9 Å². The molecule has 2 unspecified atom stereocenters. The topological polar surface area (TPSA) is 49.0 Å². The van der Waals surface area contributed by atoms with Gasteiger partial charge >= 0.3 is 18.6 Å². The Balaban J connectivity index is 4.17. The summed E-state index contributed by atoms with van der Waals surface area (Å²) in [4.78, 5) is 0. The molecular weight excluding hydrogens is 350 g/mol. The zero-order valence-electron chi connectivity index (χ0n) is 17.5. The monoisotopic (exact) mass is 393 g/mol. The number of nitrogens with one attached hydrogen (secondary N) is 1. The summed E-state index contributed by atoms with van der Waals surface area (Å²) < 4.78 is 23.6. The van der Waals surface area contributed by atoms with E-state index in [9.17, 15) is 0 Å². The fourth-order valence-electron chi connectivity index (χ4n) is 3.06. The van der Waals surface area contributed by atoms with E-state index in [1.54, 1.807) is 0 Å². The zero-order valence-corrected chi connectivity index (χ0v) is 19.8. The van der Waals surface area contributed by atoms with Gasteiger partial charge in [0.2, 0.25) is 0 Å². The third kappa shape index (κ3) is 11.5. The Hall–Kier alpha value is 0.234. The van der Waals surface area contributed by atoms with Crippen LogP contribution in [-0.2, 0) is 17.7 Å². The van der Waals surface area contributed by atoms with Gasteiger partial charge in [-0.1, -0.05) is 26.7 Å². The lowest BCUT2D eigenvalue weighted by Gasteiger charge is -2.25. The Morgan fingerprint density at radius 3 is 1.16 bits per heavy atom. The summed E-state index contributed by atoms with van der Waals surface area (Å²) in [6, 6.07) is 0. The molecule has 0 aliphatic rings. The van der Waals surface area contributed by atoms with Gasteiger partial charge in [-0.05, 0) is 53.6 Å². The highest BCUT2D eigenvalue weighted by atomic mass is 28.3. The molecule has 0 radical (unpaired) electrons. The molecule has 2 atom stereocenters. The SMILES string of the molecule is CCO[SiH](OCC)C(CC)CCNCCC(CC)[SiH](OCC)OCC. The summed E-state index contributed by atoms with van der Waals surface area (Å²) in [6.45, 7) is 17.9. The molecule has 0 aromatic rings. The van der Waals surface area contributed by atoms with Crippen LogP contribution in [0.4, 0.5) is 0 Å². The number of rotatable bonds is 18. The van der Waals surface area contributed by atoms with Gasteiger partial charge in [0.15, 0.2) is 0 Å². The predicted octanol–water partition coefficient (Wildman–Crippen LogP) is 3.50. The average molecular weight is 394 g/mol. The third-order valence-electron chi connectivity index (χ3n) is 4.53. The standard InChI is InChI=1S/C18H43NO4Si2/c1-7-17(24(20-9-3)21-10-4)13-15-19-16-14-18(8-2)25(22-11-5)23-12-6/h17-19,24-25H,7-16H2,1-6H3. The second-order valence-corrected chi connectivity index (χ2v) is 10.9. The molecule has 152 valence electrons. The van der Waals surface area contributed by atoms with E-state index < -0.39 is 18.6 Å². The Kier molecular flexibility index (Phi) is 17.8. The largest absolute Gasteiger partial charge is 0.397 e. The molecule has 0 saturated carbocycles. The summed E-state index contributed by atoms with van der Waals surface area (Å²) in [5, 5.41) is 3.62. The van der Waals surface area contributed by atoms with Crippen LogP contribution in [0.25, 0.3) is 0 Å². The first-order valence-corrected chi connectivity index (χ1v) is 13.6.